The van der Waals surface area contributed by atoms with Crippen LogP contribution in [0.4, 0.5) is 11.4 Å². The fraction of sp³-hybridized carbons (Fsp3) is 0.250. The Bertz CT molecular complexity index is 1110. The first kappa shape index (κ1) is 24.1. The molecule has 0 saturated carbocycles. The van der Waals surface area contributed by atoms with Crippen LogP contribution >= 0.6 is 11.8 Å². The number of para-hydroxylation sites is 2. The average Bonchev–Trinajstić information content (AvgIpc) is 3.21. The maximum atomic E-state index is 12.8. The van der Waals surface area contributed by atoms with Crippen molar-refractivity contribution in [3.05, 3.63) is 72.6 Å². The summed E-state index contributed by atoms with van der Waals surface area (Å²) in [5.74, 6) is -1.17. The average molecular weight is 467 g/mol. The highest BCUT2D eigenvalue weighted by molar-refractivity contribution is 7.99. The Balaban J connectivity index is 1.61. The number of thioether (sulfide) groups is 1. The van der Waals surface area contributed by atoms with E-state index in [9.17, 15) is 14.4 Å². The number of amides is 2. The van der Waals surface area contributed by atoms with Crippen LogP contribution < -0.4 is 10.2 Å². The van der Waals surface area contributed by atoms with Crippen LogP contribution in [0.25, 0.3) is 0 Å². The van der Waals surface area contributed by atoms with E-state index in [0.717, 1.165) is 5.69 Å². The number of ether oxygens (including phenoxy) is 1. The van der Waals surface area contributed by atoms with Crippen LogP contribution in [0.5, 0.6) is 0 Å². The summed E-state index contributed by atoms with van der Waals surface area (Å²) in [6.07, 6.45) is 3.45. The molecule has 0 spiro atoms. The van der Waals surface area contributed by atoms with Gasteiger partial charge in [-0.2, -0.15) is 0 Å². The lowest BCUT2D eigenvalue weighted by Crippen LogP contribution is -2.39. The zero-order valence-electron chi connectivity index (χ0n) is 18.7. The number of carbonyl (C=O) groups excluding carboxylic acids is 3. The lowest BCUT2D eigenvalue weighted by Gasteiger charge is -2.26. The highest BCUT2D eigenvalue weighted by atomic mass is 32.2. The van der Waals surface area contributed by atoms with Crippen molar-refractivity contribution in [2.24, 2.45) is 7.05 Å². The van der Waals surface area contributed by atoms with Crippen LogP contribution in [-0.2, 0) is 21.4 Å². The number of nitrogens with one attached hydrogen (secondary N) is 1. The number of aromatic nitrogens is 2. The second-order valence-corrected chi connectivity index (χ2v) is 8.41. The van der Waals surface area contributed by atoms with Crippen molar-refractivity contribution in [2.75, 3.05) is 22.6 Å². The van der Waals surface area contributed by atoms with Crippen molar-refractivity contribution in [1.29, 1.82) is 0 Å². The molecular weight excluding hydrogens is 440 g/mol. The van der Waals surface area contributed by atoms with Gasteiger partial charge in [-0.25, -0.2) is 9.78 Å². The second kappa shape index (κ2) is 11.3. The fourth-order valence-electron chi connectivity index (χ4n) is 3.17. The van der Waals surface area contributed by atoms with Crippen LogP contribution in [0.2, 0.25) is 0 Å². The smallest absolute Gasteiger partial charge is 0.340 e. The molecular formula is C24H26N4O4S. The van der Waals surface area contributed by atoms with Gasteiger partial charge in [0.2, 0.25) is 5.91 Å². The molecule has 0 aliphatic carbocycles. The van der Waals surface area contributed by atoms with Gasteiger partial charge < -0.3 is 19.5 Å². The molecule has 1 N–H and O–H groups in total. The number of anilines is 2. The Hall–Kier alpha value is -3.59. The molecule has 3 rings (SSSR count). The van der Waals surface area contributed by atoms with Gasteiger partial charge in [0.1, 0.15) is 0 Å². The summed E-state index contributed by atoms with van der Waals surface area (Å²) in [5, 5.41) is 3.45. The van der Waals surface area contributed by atoms with E-state index in [2.05, 4.69) is 10.3 Å². The third kappa shape index (κ3) is 6.45. The van der Waals surface area contributed by atoms with E-state index in [1.54, 1.807) is 41.6 Å². The molecule has 1 aromatic heterocycles. The topological polar surface area (TPSA) is 93.5 Å². The molecule has 0 unspecified atom stereocenters. The lowest BCUT2D eigenvalue weighted by atomic mass is 10.2. The van der Waals surface area contributed by atoms with E-state index in [0.29, 0.717) is 10.8 Å². The maximum absolute atomic E-state index is 12.8. The van der Waals surface area contributed by atoms with Gasteiger partial charge in [-0.05, 0) is 38.1 Å². The number of hydrogen-bond donors (Lipinski definition) is 1. The Morgan fingerprint density at radius 1 is 1.09 bits per heavy atom. The molecule has 33 heavy (non-hydrogen) atoms. The summed E-state index contributed by atoms with van der Waals surface area (Å²) >= 11 is 1.29. The van der Waals surface area contributed by atoms with Gasteiger partial charge in [0.05, 0.1) is 17.0 Å². The van der Waals surface area contributed by atoms with Crippen molar-refractivity contribution in [3.63, 3.8) is 0 Å². The Morgan fingerprint density at radius 2 is 1.79 bits per heavy atom. The highest BCUT2D eigenvalue weighted by Gasteiger charge is 2.22. The molecule has 172 valence electrons. The zero-order chi connectivity index (χ0) is 23.8. The maximum Gasteiger partial charge on any atom is 0.340 e. The van der Waals surface area contributed by atoms with Gasteiger partial charge in [0, 0.05) is 31.2 Å². The quantitative estimate of drug-likeness (QED) is 0.381. The Labute approximate surface area is 196 Å². The molecule has 2 aromatic carbocycles. The van der Waals surface area contributed by atoms with E-state index in [-0.39, 0.29) is 29.2 Å². The highest BCUT2D eigenvalue weighted by Crippen LogP contribution is 2.20. The summed E-state index contributed by atoms with van der Waals surface area (Å²) in [7, 11) is 1.85. The molecule has 0 aliphatic rings. The first-order valence-electron chi connectivity index (χ1n) is 10.4. The second-order valence-electron chi connectivity index (χ2n) is 7.47. The molecule has 0 atom stereocenters. The predicted molar refractivity (Wildman–Crippen MR) is 128 cm³/mol. The monoisotopic (exact) mass is 466 g/mol. The number of esters is 1. The standard InChI is InChI=1S/C24H26N4O4S/c1-17(2)28(18-9-5-4-6-10-18)22(30)15-32-23(31)19-11-7-8-12-20(19)26-21(29)16-33-24-25-13-14-27(24)3/h4-14,17H,15-16H2,1-3H3,(H,26,29). The minimum atomic E-state index is -0.687. The zero-order valence-corrected chi connectivity index (χ0v) is 19.5. The van der Waals surface area contributed by atoms with Gasteiger partial charge in [0.25, 0.3) is 5.91 Å². The summed E-state index contributed by atoms with van der Waals surface area (Å²) in [4.78, 5) is 43.6. The fourth-order valence-corrected chi connectivity index (χ4v) is 3.90. The van der Waals surface area contributed by atoms with Gasteiger partial charge in [-0.15, -0.1) is 0 Å². The molecule has 0 radical (unpaired) electrons. The minimum Gasteiger partial charge on any atom is -0.452 e. The van der Waals surface area contributed by atoms with E-state index < -0.39 is 12.6 Å². The SMILES string of the molecule is CC(C)N(C(=O)COC(=O)c1ccccc1NC(=O)CSc1nccn1C)c1ccccc1. The molecule has 1 heterocycles. The number of benzene rings is 2. The van der Waals surface area contributed by atoms with Crippen molar-refractivity contribution in [1.82, 2.24) is 9.55 Å². The predicted octanol–water partition coefficient (Wildman–Crippen LogP) is 3.75. The summed E-state index contributed by atoms with van der Waals surface area (Å²) < 4.78 is 7.11. The van der Waals surface area contributed by atoms with Gasteiger partial charge in [-0.3, -0.25) is 9.59 Å². The number of nitrogens with zero attached hydrogens (tertiary/aromatic N) is 3. The third-order valence-electron chi connectivity index (χ3n) is 4.68. The van der Waals surface area contributed by atoms with Gasteiger partial charge >= 0.3 is 5.97 Å². The number of imidazole rings is 1. The molecule has 0 saturated heterocycles. The normalized spacial score (nSPS) is 10.7. The molecule has 0 bridgehead atoms. The Morgan fingerprint density at radius 3 is 2.45 bits per heavy atom. The summed E-state index contributed by atoms with van der Waals surface area (Å²) in [6, 6.07) is 15.6. The van der Waals surface area contributed by atoms with Gasteiger partial charge in [0.15, 0.2) is 11.8 Å². The van der Waals surface area contributed by atoms with E-state index in [4.69, 9.17) is 4.74 Å². The van der Waals surface area contributed by atoms with E-state index >= 15 is 0 Å². The number of hydrogen-bond acceptors (Lipinski definition) is 6. The van der Waals surface area contributed by atoms with Crippen LogP contribution in [0.3, 0.4) is 0 Å². The molecule has 3 aromatic rings. The van der Waals surface area contributed by atoms with Crippen molar-refractivity contribution >= 4 is 40.9 Å². The van der Waals surface area contributed by atoms with E-state index in [1.807, 2.05) is 55.8 Å². The molecule has 0 aliphatic heterocycles. The van der Waals surface area contributed by atoms with Crippen molar-refractivity contribution in [2.45, 2.75) is 25.0 Å². The van der Waals surface area contributed by atoms with Crippen LogP contribution in [0, 0.1) is 0 Å². The number of aryl methyl sites for hydroxylation is 1. The summed E-state index contributed by atoms with van der Waals surface area (Å²) in [5.41, 5.74) is 1.23. The molecule has 9 heteroatoms. The minimum absolute atomic E-state index is 0.110. The largest absolute Gasteiger partial charge is 0.452 e. The van der Waals surface area contributed by atoms with Crippen LogP contribution in [0.15, 0.2) is 72.1 Å². The Kier molecular flexibility index (Phi) is 8.26. The summed E-state index contributed by atoms with van der Waals surface area (Å²) in [6.45, 7) is 3.37. The molecule has 2 amide bonds. The van der Waals surface area contributed by atoms with Gasteiger partial charge in [-0.1, -0.05) is 42.1 Å². The molecule has 8 nitrogen and oxygen atoms in total. The van der Waals surface area contributed by atoms with E-state index in [1.165, 1.54) is 11.8 Å². The van der Waals surface area contributed by atoms with Crippen molar-refractivity contribution < 1.29 is 19.1 Å². The van der Waals surface area contributed by atoms with Crippen LogP contribution in [0.1, 0.15) is 24.2 Å². The first-order chi connectivity index (χ1) is 15.9. The number of rotatable bonds is 9. The third-order valence-corrected chi connectivity index (χ3v) is 5.73. The van der Waals surface area contributed by atoms with Crippen molar-refractivity contribution in [3.8, 4) is 0 Å². The lowest BCUT2D eigenvalue weighted by molar-refractivity contribution is -0.122. The first-order valence-corrected chi connectivity index (χ1v) is 11.4. The van der Waals surface area contributed by atoms with Crippen LogP contribution in [-0.4, -0.2) is 45.7 Å². The number of carbonyl (C=O) groups is 3. The molecule has 0 fully saturated rings.